The second-order valence-electron chi connectivity index (χ2n) is 4.77. The highest BCUT2D eigenvalue weighted by atomic mass is 19.1. The summed E-state index contributed by atoms with van der Waals surface area (Å²) in [6.45, 7) is 6.42. The quantitative estimate of drug-likeness (QED) is 0.635. The summed E-state index contributed by atoms with van der Waals surface area (Å²) in [7, 11) is 0. The SMILES string of the molecule is CCNC(=NCCc1ccn(-c2ccc(F)cc2)n1)NCC. The maximum Gasteiger partial charge on any atom is 0.191 e. The van der Waals surface area contributed by atoms with Crippen LogP contribution in [0.3, 0.4) is 0 Å². The molecule has 22 heavy (non-hydrogen) atoms. The molecule has 0 fully saturated rings. The summed E-state index contributed by atoms with van der Waals surface area (Å²) in [5, 5.41) is 10.9. The number of halogens is 1. The Morgan fingerprint density at radius 1 is 1.14 bits per heavy atom. The average molecular weight is 303 g/mol. The Labute approximate surface area is 130 Å². The highest BCUT2D eigenvalue weighted by Crippen LogP contribution is 2.09. The third-order valence-corrected chi connectivity index (χ3v) is 3.06. The van der Waals surface area contributed by atoms with E-state index in [1.54, 1.807) is 16.8 Å². The molecule has 118 valence electrons. The minimum Gasteiger partial charge on any atom is -0.357 e. The lowest BCUT2D eigenvalue weighted by Crippen LogP contribution is -2.37. The van der Waals surface area contributed by atoms with Gasteiger partial charge in [0.1, 0.15) is 5.82 Å². The first-order valence-corrected chi connectivity index (χ1v) is 7.55. The van der Waals surface area contributed by atoms with Crippen molar-refractivity contribution in [3.8, 4) is 5.69 Å². The van der Waals surface area contributed by atoms with E-state index < -0.39 is 0 Å². The summed E-state index contributed by atoms with van der Waals surface area (Å²) in [6.07, 6.45) is 2.64. The topological polar surface area (TPSA) is 54.2 Å². The number of nitrogens with zero attached hydrogens (tertiary/aromatic N) is 3. The fourth-order valence-corrected chi connectivity index (χ4v) is 2.02. The van der Waals surface area contributed by atoms with Crippen LogP contribution in [-0.4, -0.2) is 35.4 Å². The number of aromatic nitrogens is 2. The Morgan fingerprint density at radius 2 is 1.82 bits per heavy atom. The summed E-state index contributed by atoms with van der Waals surface area (Å²) >= 11 is 0. The van der Waals surface area contributed by atoms with Gasteiger partial charge in [-0.1, -0.05) is 0 Å². The molecule has 0 spiro atoms. The molecule has 0 atom stereocenters. The molecule has 0 bridgehead atoms. The molecule has 0 radical (unpaired) electrons. The average Bonchev–Trinajstić information content (AvgIpc) is 2.97. The standard InChI is InChI=1S/C16H22FN5/c1-3-18-16(19-4-2)20-11-9-14-10-12-22(21-14)15-7-5-13(17)6-8-15/h5-8,10,12H,3-4,9,11H2,1-2H3,(H2,18,19,20). The molecule has 1 heterocycles. The maximum absolute atomic E-state index is 12.9. The molecule has 5 nitrogen and oxygen atoms in total. The van der Waals surface area contributed by atoms with Crippen LogP contribution in [0, 0.1) is 5.82 Å². The number of aliphatic imine (C=N–C) groups is 1. The van der Waals surface area contributed by atoms with Gasteiger partial charge in [0.05, 0.1) is 11.4 Å². The normalized spacial score (nSPS) is 10.3. The lowest BCUT2D eigenvalue weighted by molar-refractivity contribution is 0.627. The fourth-order valence-electron chi connectivity index (χ4n) is 2.02. The Kier molecular flexibility index (Phi) is 5.94. The van der Waals surface area contributed by atoms with Gasteiger partial charge in [-0.2, -0.15) is 5.10 Å². The molecular weight excluding hydrogens is 281 g/mol. The lowest BCUT2D eigenvalue weighted by Gasteiger charge is -2.08. The second-order valence-corrected chi connectivity index (χ2v) is 4.77. The molecular formula is C16H22FN5. The minimum atomic E-state index is -0.246. The molecule has 0 saturated heterocycles. The molecule has 0 aliphatic heterocycles. The second kappa shape index (κ2) is 8.17. The molecule has 0 saturated carbocycles. The van der Waals surface area contributed by atoms with E-state index in [-0.39, 0.29) is 5.82 Å². The minimum absolute atomic E-state index is 0.246. The van der Waals surface area contributed by atoms with Crippen LogP contribution in [0.4, 0.5) is 4.39 Å². The van der Waals surface area contributed by atoms with Crippen molar-refractivity contribution in [1.29, 1.82) is 0 Å². The smallest absolute Gasteiger partial charge is 0.191 e. The summed E-state index contributed by atoms with van der Waals surface area (Å²) in [6, 6.07) is 8.23. The van der Waals surface area contributed by atoms with E-state index in [0.717, 1.165) is 36.9 Å². The van der Waals surface area contributed by atoms with Gasteiger partial charge in [0.15, 0.2) is 5.96 Å². The van der Waals surface area contributed by atoms with E-state index in [2.05, 4.69) is 20.7 Å². The van der Waals surface area contributed by atoms with Gasteiger partial charge < -0.3 is 10.6 Å². The van der Waals surface area contributed by atoms with Crippen LogP contribution in [0.25, 0.3) is 5.69 Å². The number of hydrogen-bond acceptors (Lipinski definition) is 2. The van der Waals surface area contributed by atoms with Crippen LogP contribution in [0.5, 0.6) is 0 Å². The van der Waals surface area contributed by atoms with Crippen LogP contribution in [0.15, 0.2) is 41.5 Å². The van der Waals surface area contributed by atoms with Gasteiger partial charge in [0.25, 0.3) is 0 Å². The van der Waals surface area contributed by atoms with Crippen molar-refractivity contribution in [2.45, 2.75) is 20.3 Å². The molecule has 2 rings (SSSR count). The van der Waals surface area contributed by atoms with Gasteiger partial charge in [0.2, 0.25) is 0 Å². The third-order valence-electron chi connectivity index (χ3n) is 3.06. The van der Waals surface area contributed by atoms with Crippen molar-refractivity contribution < 1.29 is 4.39 Å². The summed E-state index contributed by atoms with van der Waals surface area (Å²) in [5.74, 6) is 0.577. The predicted molar refractivity (Wildman–Crippen MR) is 86.9 cm³/mol. The van der Waals surface area contributed by atoms with E-state index >= 15 is 0 Å². The van der Waals surface area contributed by atoms with Gasteiger partial charge in [-0.25, -0.2) is 9.07 Å². The van der Waals surface area contributed by atoms with Crippen molar-refractivity contribution in [2.75, 3.05) is 19.6 Å². The number of rotatable bonds is 6. The number of hydrogen-bond donors (Lipinski definition) is 2. The fraction of sp³-hybridized carbons (Fsp3) is 0.375. The number of guanidine groups is 1. The van der Waals surface area contributed by atoms with Crippen LogP contribution in [0.1, 0.15) is 19.5 Å². The van der Waals surface area contributed by atoms with Crippen molar-refractivity contribution in [2.24, 2.45) is 4.99 Å². The van der Waals surface area contributed by atoms with E-state index in [0.29, 0.717) is 6.54 Å². The summed E-state index contributed by atoms with van der Waals surface area (Å²) in [4.78, 5) is 4.49. The van der Waals surface area contributed by atoms with Crippen molar-refractivity contribution in [3.05, 3.63) is 48.0 Å². The zero-order valence-corrected chi connectivity index (χ0v) is 13.0. The Bertz CT molecular complexity index is 595. The van der Waals surface area contributed by atoms with Crippen LogP contribution in [0.2, 0.25) is 0 Å². The summed E-state index contributed by atoms with van der Waals surface area (Å²) in [5.41, 5.74) is 1.80. The highest BCUT2D eigenvalue weighted by Gasteiger charge is 2.02. The van der Waals surface area contributed by atoms with Gasteiger partial charge in [-0.3, -0.25) is 4.99 Å². The zero-order chi connectivity index (χ0) is 15.8. The van der Waals surface area contributed by atoms with Crippen LogP contribution < -0.4 is 10.6 Å². The number of nitrogens with one attached hydrogen (secondary N) is 2. The molecule has 0 unspecified atom stereocenters. The predicted octanol–water partition coefficient (Wildman–Crippen LogP) is 2.13. The van der Waals surface area contributed by atoms with Crippen molar-refractivity contribution in [3.63, 3.8) is 0 Å². The van der Waals surface area contributed by atoms with E-state index in [1.807, 2.05) is 26.1 Å². The molecule has 0 aliphatic rings. The van der Waals surface area contributed by atoms with E-state index in [9.17, 15) is 4.39 Å². The molecule has 2 N–H and O–H groups in total. The third kappa shape index (κ3) is 4.58. The van der Waals surface area contributed by atoms with E-state index in [1.165, 1.54) is 12.1 Å². The Hall–Kier alpha value is -2.37. The highest BCUT2D eigenvalue weighted by molar-refractivity contribution is 5.79. The van der Waals surface area contributed by atoms with Gasteiger partial charge in [-0.15, -0.1) is 0 Å². The van der Waals surface area contributed by atoms with Crippen molar-refractivity contribution >= 4 is 5.96 Å². The maximum atomic E-state index is 12.9. The first-order valence-electron chi connectivity index (χ1n) is 7.55. The lowest BCUT2D eigenvalue weighted by atomic mass is 10.3. The molecule has 0 aliphatic carbocycles. The largest absolute Gasteiger partial charge is 0.357 e. The van der Waals surface area contributed by atoms with Gasteiger partial charge in [-0.05, 0) is 44.2 Å². The first kappa shape index (κ1) is 16.0. The van der Waals surface area contributed by atoms with Gasteiger partial charge >= 0.3 is 0 Å². The molecule has 2 aromatic rings. The van der Waals surface area contributed by atoms with Crippen molar-refractivity contribution in [1.82, 2.24) is 20.4 Å². The first-order chi connectivity index (χ1) is 10.7. The van der Waals surface area contributed by atoms with E-state index in [4.69, 9.17) is 0 Å². The van der Waals surface area contributed by atoms with Crippen LogP contribution in [-0.2, 0) is 6.42 Å². The monoisotopic (exact) mass is 303 g/mol. The molecule has 1 aromatic heterocycles. The van der Waals surface area contributed by atoms with Crippen LogP contribution >= 0.6 is 0 Å². The number of benzene rings is 1. The molecule has 0 amide bonds. The molecule has 1 aromatic carbocycles. The molecule has 6 heteroatoms. The summed E-state index contributed by atoms with van der Waals surface area (Å²) < 4.78 is 14.7. The Morgan fingerprint density at radius 3 is 2.45 bits per heavy atom. The van der Waals surface area contributed by atoms with Gasteiger partial charge in [0, 0.05) is 32.3 Å². The zero-order valence-electron chi connectivity index (χ0n) is 13.0. The Balaban J connectivity index is 1.94.